The Balaban J connectivity index is 2.76. The highest BCUT2D eigenvalue weighted by atomic mass is 16.2. The van der Waals surface area contributed by atoms with Crippen molar-refractivity contribution in [1.82, 2.24) is 15.2 Å². The molecule has 5 nitrogen and oxygen atoms in total. The van der Waals surface area contributed by atoms with Crippen LogP contribution in [0.25, 0.3) is 0 Å². The fourth-order valence-electron chi connectivity index (χ4n) is 2.13. The quantitative estimate of drug-likeness (QED) is 0.783. The summed E-state index contributed by atoms with van der Waals surface area (Å²) in [5.74, 6) is 1.01. The number of hydrogen-bond acceptors (Lipinski definition) is 4. The number of hydrogen-bond donors (Lipinski definition) is 1. The van der Waals surface area contributed by atoms with Crippen LogP contribution in [0.4, 0.5) is 5.82 Å². The van der Waals surface area contributed by atoms with Crippen molar-refractivity contribution in [2.24, 2.45) is 0 Å². The van der Waals surface area contributed by atoms with Crippen LogP contribution in [0, 0.1) is 0 Å². The summed E-state index contributed by atoms with van der Waals surface area (Å²) in [5, 5.41) is 3.30. The zero-order chi connectivity index (χ0) is 15.0. The minimum atomic E-state index is 0.137. The molecule has 0 aromatic carbocycles. The molecule has 0 spiro atoms. The van der Waals surface area contributed by atoms with Crippen LogP contribution in [0.15, 0.2) is 18.3 Å². The van der Waals surface area contributed by atoms with Crippen molar-refractivity contribution >= 4 is 11.7 Å². The Hall–Kier alpha value is -1.62. The van der Waals surface area contributed by atoms with Gasteiger partial charge in [0.1, 0.15) is 5.82 Å². The van der Waals surface area contributed by atoms with Crippen LogP contribution in [0.1, 0.15) is 26.3 Å². The number of nitrogens with one attached hydrogen (secondary N) is 1. The smallest absolute Gasteiger partial charge is 0.242 e. The highest BCUT2D eigenvalue weighted by Gasteiger charge is 2.15. The average molecular weight is 278 g/mol. The number of anilines is 1. The van der Waals surface area contributed by atoms with Crippen LogP contribution < -0.4 is 10.2 Å². The van der Waals surface area contributed by atoms with Gasteiger partial charge in [-0.05, 0) is 26.5 Å². The SMILES string of the molecule is CCNCc1cccnc1N(C)CC(=O)N(CC)CC. The van der Waals surface area contributed by atoms with Gasteiger partial charge >= 0.3 is 0 Å². The molecule has 1 rings (SSSR count). The van der Waals surface area contributed by atoms with Crippen molar-refractivity contribution in [2.75, 3.05) is 38.1 Å². The van der Waals surface area contributed by atoms with Crippen molar-refractivity contribution in [1.29, 1.82) is 0 Å². The van der Waals surface area contributed by atoms with E-state index < -0.39 is 0 Å². The van der Waals surface area contributed by atoms with Crippen molar-refractivity contribution in [3.63, 3.8) is 0 Å². The molecule has 0 bridgehead atoms. The predicted molar refractivity (Wildman–Crippen MR) is 82.8 cm³/mol. The number of nitrogens with zero attached hydrogens (tertiary/aromatic N) is 3. The van der Waals surface area contributed by atoms with Gasteiger partial charge in [-0.25, -0.2) is 4.98 Å². The van der Waals surface area contributed by atoms with Crippen LogP contribution in [0.5, 0.6) is 0 Å². The molecule has 1 aromatic rings. The lowest BCUT2D eigenvalue weighted by molar-refractivity contribution is -0.129. The standard InChI is InChI=1S/C15H26N4O/c1-5-16-11-13-9-8-10-17-15(13)18(4)12-14(20)19(6-2)7-3/h8-10,16H,5-7,11-12H2,1-4H3. The third-order valence-electron chi connectivity index (χ3n) is 3.28. The van der Waals surface area contributed by atoms with E-state index in [1.54, 1.807) is 6.20 Å². The van der Waals surface area contributed by atoms with Gasteiger partial charge in [0.15, 0.2) is 0 Å². The van der Waals surface area contributed by atoms with Gasteiger partial charge in [-0.15, -0.1) is 0 Å². The third-order valence-corrected chi connectivity index (χ3v) is 3.28. The minimum Gasteiger partial charge on any atom is -0.350 e. The number of carbonyl (C=O) groups excluding carboxylic acids is 1. The fraction of sp³-hybridized carbons (Fsp3) is 0.600. The van der Waals surface area contributed by atoms with Crippen LogP contribution in [-0.2, 0) is 11.3 Å². The van der Waals surface area contributed by atoms with Crippen LogP contribution in [-0.4, -0.2) is 49.0 Å². The molecule has 1 amide bonds. The van der Waals surface area contributed by atoms with Gasteiger partial charge in [-0.2, -0.15) is 0 Å². The highest BCUT2D eigenvalue weighted by molar-refractivity contribution is 5.81. The fourth-order valence-corrected chi connectivity index (χ4v) is 2.13. The summed E-state index contributed by atoms with van der Waals surface area (Å²) in [4.78, 5) is 20.3. The van der Waals surface area contributed by atoms with Gasteiger partial charge in [0.05, 0.1) is 6.54 Å². The Bertz CT molecular complexity index is 418. The van der Waals surface area contributed by atoms with E-state index in [-0.39, 0.29) is 5.91 Å². The molecule has 112 valence electrons. The molecule has 0 radical (unpaired) electrons. The maximum atomic E-state index is 12.2. The number of likely N-dealkylation sites (N-methyl/N-ethyl adjacent to an activating group) is 2. The maximum Gasteiger partial charge on any atom is 0.242 e. The summed E-state index contributed by atoms with van der Waals surface area (Å²) in [6.45, 7) is 9.60. The molecule has 5 heteroatoms. The molecule has 0 aliphatic heterocycles. The molecule has 0 saturated heterocycles. The Kier molecular flexibility index (Phi) is 7.01. The van der Waals surface area contributed by atoms with Crippen molar-refractivity contribution < 1.29 is 4.79 Å². The average Bonchev–Trinajstić information content (AvgIpc) is 2.46. The lowest BCUT2D eigenvalue weighted by atomic mass is 10.2. The number of pyridine rings is 1. The predicted octanol–water partition coefficient (Wildman–Crippen LogP) is 1.50. The topological polar surface area (TPSA) is 48.5 Å². The first kappa shape index (κ1) is 16.4. The summed E-state index contributed by atoms with van der Waals surface area (Å²) in [6.07, 6.45) is 1.77. The third kappa shape index (κ3) is 4.49. The molecular formula is C15H26N4O. The molecule has 0 unspecified atom stereocenters. The molecule has 0 aliphatic rings. The summed E-state index contributed by atoms with van der Waals surface area (Å²) in [7, 11) is 1.92. The number of carbonyl (C=O) groups is 1. The molecule has 20 heavy (non-hydrogen) atoms. The zero-order valence-corrected chi connectivity index (χ0v) is 13.0. The lowest BCUT2D eigenvalue weighted by Gasteiger charge is -2.25. The first-order valence-corrected chi connectivity index (χ1v) is 7.27. The zero-order valence-electron chi connectivity index (χ0n) is 13.0. The molecular weight excluding hydrogens is 252 g/mol. The van der Waals surface area contributed by atoms with E-state index in [4.69, 9.17) is 0 Å². The second-order valence-electron chi connectivity index (χ2n) is 4.69. The molecule has 0 atom stereocenters. The van der Waals surface area contributed by atoms with E-state index in [1.807, 2.05) is 42.8 Å². The normalized spacial score (nSPS) is 10.4. The van der Waals surface area contributed by atoms with Crippen LogP contribution >= 0.6 is 0 Å². The molecule has 0 aliphatic carbocycles. The second kappa shape index (κ2) is 8.53. The van der Waals surface area contributed by atoms with Gasteiger partial charge in [-0.3, -0.25) is 4.79 Å². The van der Waals surface area contributed by atoms with Gasteiger partial charge in [0, 0.05) is 38.4 Å². The van der Waals surface area contributed by atoms with Crippen molar-refractivity contribution in [3.8, 4) is 0 Å². The van der Waals surface area contributed by atoms with Gasteiger partial charge in [0.2, 0.25) is 5.91 Å². The second-order valence-corrected chi connectivity index (χ2v) is 4.69. The van der Waals surface area contributed by atoms with Gasteiger partial charge in [0.25, 0.3) is 0 Å². The maximum absolute atomic E-state index is 12.2. The van der Waals surface area contributed by atoms with E-state index in [2.05, 4.69) is 17.2 Å². The Labute approximate surface area is 122 Å². The van der Waals surface area contributed by atoms with Crippen LogP contribution in [0.3, 0.4) is 0 Å². The highest BCUT2D eigenvalue weighted by Crippen LogP contribution is 2.15. The largest absolute Gasteiger partial charge is 0.350 e. The first-order valence-electron chi connectivity index (χ1n) is 7.27. The molecule has 1 heterocycles. The summed E-state index contributed by atoms with van der Waals surface area (Å²) < 4.78 is 0. The number of amides is 1. The lowest BCUT2D eigenvalue weighted by Crippen LogP contribution is -2.39. The number of rotatable bonds is 8. The van der Waals surface area contributed by atoms with Gasteiger partial charge < -0.3 is 15.1 Å². The van der Waals surface area contributed by atoms with Gasteiger partial charge in [-0.1, -0.05) is 13.0 Å². The Morgan fingerprint density at radius 3 is 2.60 bits per heavy atom. The van der Waals surface area contributed by atoms with Crippen LogP contribution in [0.2, 0.25) is 0 Å². The molecule has 1 N–H and O–H groups in total. The Morgan fingerprint density at radius 1 is 1.30 bits per heavy atom. The number of aromatic nitrogens is 1. The minimum absolute atomic E-state index is 0.137. The Morgan fingerprint density at radius 2 is 2.00 bits per heavy atom. The van der Waals surface area contributed by atoms with E-state index in [0.717, 1.165) is 37.6 Å². The van der Waals surface area contributed by atoms with E-state index in [9.17, 15) is 4.79 Å². The summed E-state index contributed by atoms with van der Waals surface area (Å²) >= 11 is 0. The van der Waals surface area contributed by atoms with Crippen molar-refractivity contribution in [2.45, 2.75) is 27.3 Å². The summed E-state index contributed by atoms with van der Waals surface area (Å²) in [6, 6.07) is 3.97. The monoisotopic (exact) mass is 278 g/mol. The molecule has 0 saturated carbocycles. The van der Waals surface area contributed by atoms with E-state index in [0.29, 0.717) is 6.54 Å². The molecule has 1 aromatic heterocycles. The van der Waals surface area contributed by atoms with Crippen molar-refractivity contribution in [3.05, 3.63) is 23.9 Å². The van der Waals surface area contributed by atoms with E-state index >= 15 is 0 Å². The van der Waals surface area contributed by atoms with E-state index in [1.165, 1.54) is 0 Å². The summed E-state index contributed by atoms with van der Waals surface area (Å²) in [5.41, 5.74) is 1.11. The first-order chi connectivity index (χ1) is 9.63. The molecule has 0 fully saturated rings.